The molecule has 1 amide bonds. The first kappa shape index (κ1) is 22.1. The molecule has 3 aromatic rings. The van der Waals surface area contributed by atoms with E-state index >= 15 is 0 Å². The number of carbonyl (C=O) groups is 2. The summed E-state index contributed by atoms with van der Waals surface area (Å²) in [5.41, 5.74) is 9.69. The van der Waals surface area contributed by atoms with Gasteiger partial charge in [0.15, 0.2) is 0 Å². The van der Waals surface area contributed by atoms with Crippen LogP contribution in [0.1, 0.15) is 28.9 Å². The van der Waals surface area contributed by atoms with Crippen LogP contribution >= 0.6 is 0 Å². The molecular weight excluding hydrogens is 434 g/mol. The number of hydrogen-bond acceptors (Lipinski definition) is 6. The van der Waals surface area contributed by atoms with Crippen LogP contribution in [0.3, 0.4) is 0 Å². The maximum absolute atomic E-state index is 12.8. The molecule has 0 saturated carbocycles. The van der Waals surface area contributed by atoms with Gasteiger partial charge >= 0.3 is 5.97 Å². The van der Waals surface area contributed by atoms with Crippen molar-refractivity contribution in [3.05, 3.63) is 59.6 Å². The number of likely N-dealkylation sites (tertiary alicyclic amines) is 1. The summed E-state index contributed by atoms with van der Waals surface area (Å²) in [4.78, 5) is 34.4. The van der Waals surface area contributed by atoms with E-state index in [9.17, 15) is 14.7 Å². The van der Waals surface area contributed by atoms with Gasteiger partial charge in [0.2, 0.25) is 11.8 Å². The Morgan fingerprint density at radius 1 is 1.35 bits per heavy atom. The lowest BCUT2D eigenvalue weighted by atomic mass is 9.86. The normalized spacial score (nSPS) is 19.6. The van der Waals surface area contributed by atoms with Gasteiger partial charge in [-0.1, -0.05) is 31.2 Å². The fourth-order valence-electron chi connectivity index (χ4n) is 4.97. The number of methoxy groups -OCH3 is 1. The zero-order valence-electron chi connectivity index (χ0n) is 19.0. The Morgan fingerprint density at radius 3 is 2.85 bits per heavy atom. The molecule has 0 aliphatic carbocycles. The fourth-order valence-corrected chi connectivity index (χ4v) is 4.97. The van der Waals surface area contributed by atoms with E-state index in [1.807, 2.05) is 31.2 Å². The quantitative estimate of drug-likeness (QED) is 0.424. The van der Waals surface area contributed by atoms with Crippen LogP contribution < -0.4 is 15.8 Å². The highest BCUT2D eigenvalue weighted by molar-refractivity contribution is 6.08. The molecule has 2 aromatic heterocycles. The number of aromatic carboxylic acids is 1. The number of aromatic nitrogens is 2. The summed E-state index contributed by atoms with van der Waals surface area (Å²) in [6.45, 7) is 4.33. The predicted molar refractivity (Wildman–Crippen MR) is 128 cm³/mol. The molecule has 4 heterocycles. The second-order valence-electron chi connectivity index (χ2n) is 8.99. The number of amides is 1. The number of nitrogens with two attached hydrogens (primary N) is 1. The number of pyridine rings is 1. The van der Waals surface area contributed by atoms with E-state index in [0.717, 1.165) is 29.7 Å². The first-order chi connectivity index (χ1) is 16.4. The third kappa shape index (κ3) is 3.82. The highest BCUT2D eigenvalue weighted by Gasteiger charge is 2.34. The summed E-state index contributed by atoms with van der Waals surface area (Å²) in [6, 6.07) is 9.41. The topological polar surface area (TPSA) is 134 Å². The SMILES string of the molecule is COc1cc(-c2c(C(=O)O)[nH]c3c([C@@H](C)[C@H]4C=C(CN5CC(N)C5)NC4=O)cccc23)ccn1. The standard InChI is InChI=1S/C25H27N5O4/c1-13(19-9-16(28-24(19)31)12-30-10-15(26)11-30)17-4-3-5-18-21(23(25(32)33)29-22(17)18)14-6-7-27-20(8-14)34-2/h3-9,13,15,19,29H,10-12,26H2,1-2H3,(H,28,31)(H,32,33)/t13-,19-/m1/s1. The van der Waals surface area contributed by atoms with Crippen molar-refractivity contribution < 1.29 is 19.4 Å². The van der Waals surface area contributed by atoms with Gasteiger partial charge in [-0.15, -0.1) is 0 Å². The van der Waals surface area contributed by atoms with Crippen molar-refractivity contribution in [2.24, 2.45) is 11.7 Å². The minimum atomic E-state index is -1.06. The summed E-state index contributed by atoms with van der Waals surface area (Å²) in [5.74, 6) is -1.23. The van der Waals surface area contributed by atoms with E-state index in [0.29, 0.717) is 29.1 Å². The Hall–Kier alpha value is -3.69. The van der Waals surface area contributed by atoms with Crippen LogP contribution in [0.2, 0.25) is 0 Å². The van der Waals surface area contributed by atoms with Crippen molar-refractivity contribution in [1.29, 1.82) is 0 Å². The van der Waals surface area contributed by atoms with Gasteiger partial charge in [0.05, 0.1) is 18.5 Å². The molecule has 5 rings (SSSR count). The minimum Gasteiger partial charge on any atom is -0.481 e. The van der Waals surface area contributed by atoms with Crippen LogP contribution in [0.25, 0.3) is 22.0 Å². The van der Waals surface area contributed by atoms with E-state index in [1.54, 1.807) is 18.3 Å². The second kappa shape index (κ2) is 8.58. The first-order valence-electron chi connectivity index (χ1n) is 11.2. The molecule has 0 unspecified atom stereocenters. The number of carboxylic acids is 1. The number of H-pyrrole nitrogens is 1. The number of carboxylic acid groups (broad SMARTS) is 1. The van der Waals surface area contributed by atoms with Crippen molar-refractivity contribution >= 4 is 22.8 Å². The summed E-state index contributed by atoms with van der Waals surface area (Å²) in [6.07, 6.45) is 3.58. The van der Waals surface area contributed by atoms with Gasteiger partial charge in [-0.3, -0.25) is 9.69 Å². The number of para-hydroxylation sites is 1. The number of rotatable bonds is 7. The van der Waals surface area contributed by atoms with Gasteiger partial charge < -0.3 is 25.9 Å². The number of nitrogens with zero attached hydrogens (tertiary/aromatic N) is 2. The monoisotopic (exact) mass is 461 g/mol. The third-order valence-corrected chi connectivity index (χ3v) is 6.69. The van der Waals surface area contributed by atoms with E-state index in [-0.39, 0.29) is 29.5 Å². The van der Waals surface area contributed by atoms with Gasteiger partial charge in [-0.05, 0) is 23.1 Å². The molecule has 2 aliphatic rings. The van der Waals surface area contributed by atoms with Crippen LogP contribution in [0, 0.1) is 5.92 Å². The fraction of sp³-hybridized carbons (Fsp3) is 0.320. The molecule has 0 radical (unpaired) electrons. The van der Waals surface area contributed by atoms with Gasteiger partial charge in [-0.2, -0.15) is 0 Å². The van der Waals surface area contributed by atoms with Gasteiger partial charge in [0, 0.05) is 54.6 Å². The largest absolute Gasteiger partial charge is 0.481 e. The lowest BCUT2D eigenvalue weighted by molar-refractivity contribution is -0.122. The Bertz CT molecular complexity index is 1310. The smallest absolute Gasteiger partial charge is 0.352 e. The third-order valence-electron chi connectivity index (χ3n) is 6.69. The molecule has 9 heteroatoms. The second-order valence-corrected chi connectivity index (χ2v) is 8.99. The van der Waals surface area contributed by atoms with Crippen molar-refractivity contribution in [3.8, 4) is 17.0 Å². The molecule has 2 aliphatic heterocycles. The maximum atomic E-state index is 12.8. The van der Waals surface area contributed by atoms with Crippen LogP contribution in [-0.4, -0.2) is 64.6 Å². The minimum absolute atomic E-state index is 0.0477. The molecule has 2 atom stereocenters. The van der Waals surface area contributed by atoms with E-state index in [4.69, 9.17) is 10.5 Å². The van der Waals surface area contributed by atoms with Crippen molar-refractivity contribution in [2.75, 3.05) is 26.7 Å². The molecule has 9 nitrogen and oxygen atoms in total. The number of aromatic amines is 1. The van der Waals surface area contributed by atoms with Gasteiger partial charge in [-0.25, -0.2) is 9.78 Å². The summed E-state index contributed by atoms with van der Waals surface area (Å²) in [7, 11) is 1.52. The van der Waals surface area contributed by atoms with Crippen LogP contribution in [-0.2, 0) is 4.79 Å². The van der Waals surface area contributed by atoms with Crippen molar-refractivity contribution in [3.63, 3.8) is 0 Å². The number of benzene rings is 1. The molecule has 176 valence electrons. The van der Waals surface area contributed by atoms with Gasteiger partial charge in [0.25, 0.3) is 0 Å². The Morgan fingerprint density at radius 2 is 2.15 bits per heavy atom. The van der Waals surface area contributed by atoms with Gasteiger partial charge in [0.1, 0.15) is 5.69 Å². The summed E-state index contributed by atoms with van der Waals surface area (Å²) < 4.78 is 5.23. The predicted octanol–water partition coefficient (Wildman–Crippen LogP) is 2.31. The van der Waals surface area contributed by atoms with Crippen molar-refractivity contribution in [1.82, 2.24) is 20.2 Å². The molecule has 0 bridgehead atoms. The van der Waals surface area contributed by atoms with Crippen molar-refractivity contribution in [2.45, 2.75) is 18.9 Å². The maximum Gasteiger partial charge on any atom is 0.352 e. The molecule has 34 heavy (non-hydrogen) atoms. The van der Waals surface area contributed by atoms with Crippen LogP contribution in [0.15, 0.2) is 48.3 Å². The first-order valence-corrected chi connectivity index (χ1v) is 11.2. The molecule has 5 N–H and O–H groups in total. The summed E-state index contributed by atoms with van der Waals surface area (Å²) in [5, 5.41) is 13.7. The summed E-state index contributed by atoms with van der Waals surface area (Å²) >= 11 is 0. The molecule has 1 saturated heterocycles. The van der Waals surface area contributed by atoms with E-state index in [1.165, 1.54) is 7.11 Å². The Kier molecular flexibility index (Phi) is 5.59. The lowest BCUT2D eigenvalue weighted by Crippen LogP contribution is -2.56. The molecular formula is C25H27N5O4. The molecule has 1 aromatic carbocycles. The van der Waals surface area contributed by atoms with Crippen LogP contribution in [0.4, 0.5) is 0 Å². The Labute approximate surface area is 196 Å². The van der Waals surface area contributed by atoms with E-state index in [2.05, 4.69) is 20.2 Å². The van der Waals surface area contributed by atoms with Crippen LogP contribution in [0.5, 0.6) is 5.88 Å². The number of hydrogen-bond donors (Lipinski definition) is 4. The van der Waals surface area contributed by atoms with E-state index < -0.39 is 5.97 Å². The number of nitrogens with one attached hydrogen (secondary N) is 2. The average Bonchev–Trinajstić information content (AvgIpc) is 3.38. The number of fused-ring (bicyclic) bond motifs is 1. The zero-order chi connectivity index (χ0) is 24.0. The number of carbonyl (C=O) groups excluding carboxylic acids is 1. The molecule has 0 spiro atoms. The highest BCUT2D eigenvalue weighted by Crippen LogP contribution is 2.39. The zero-order valence-corrected chi connectivity index (χ0v) is 19.0. The highest BCUT2D eigenvalue weighted by atomic mass is 16.5. The Balaban J connectivity index is 1.54. The molecule has 1 fully saturated rings. The average molecular weight is 462 g/mol. The number of ether oxygens (including phenoxy) is 1. The lowest BCUT2D eigenvalue weighted by Gasteiger charge is -2.36.